The second-order valence-electron chi connectivity index (χ2n) is 7.02. The number of carbonyl (C=O) groups excluding carboxylic acids is 1. The molecular weight excluding hydrogens is 474 g/mol. The van der Waals surface area contributed by atoms with Crippen molar-refractivity contribution in [1.82, 2.24) is 20.2 Å². The van der Waals surface area contributed by atoms with Crippen molar-refractivity contribution in [2.24, 2.45) is 5.10 Å². The van der Waals surface area contributed by atoms with Crippen molar-refractivity contribution in [3.05, 3.63) is 83.4 Å². The fourth-order valence-corrected chi connectivity index (χ4v) is 3.89. The number of methoxy groups -OCH3 is 1. The predicted octanol–water partition coefficient (Wildman–Crippen LogP) is 4.54. The van der Waals surface area contributed by atoms with Crippen LogP contribution in [-0.2, 0) is 4.79 Å². The van der Waals surface area contributed by atoms with Gasteiger partial charge in [-0.25, -0.2) is 5.43 Å². The van der Waals surface area contributed by atoms with E-state index < -0.39 is 0 Å². The monoisotopic (exact) mass is 493 g/mol. The van der Waals surface area contributed by atoms with Crippen LogP contribution >= 0.6 is 23.4 Å². The molecule has 4 aromatic rings. The maximum absolute atomic E-state index is 12.3. The van der Waals surface area contributed by atoms with Gasteiger partial charge in [0, 0.05) is 16.3 Å². The van der Waals surface area contributed by atoms with Crippen LogP contribution in [-0.4, -0.2) is 44.9 Å². The molecule has 0 atom stereocenters. The molecule has 0 fully saturated rings. The number of halogens is 1. The lowest BCUT2D eigenvalue weighted by Gasteiger charge is -2.11. The first-order valence-electron chi connectivity index (χ1n) is 10.1. The van der Waals surface area contributed by atoms with Crippen LogP contribution in [0, 0.1) is 0 Å². The van der Waals surface area contributed by atoms with E-state index in [2.05, 4.69) is 20.7 Å². The van der Waals surface area contributed by atoms with Crippen LogP contribution in [0.4, 0.5) is 0 Å². The topological polar surface area (TPSA) is 102 Å². The van der Waals surface area contributed by atoms with Gasteiger partial charge in [0.25, 0.3) is 5.91 Å². The van der Waals surface area contributed by atoms with Crippen molar-refractivity contribution >= 4 is 35.5 Å². The van der Waals surface area contributed by atoms with Crippen LogP contribution in [0.1, 0.15) is 5.56 Å². The second kappa shape index (κ2) is 10.9. The zero-order valence-corrected chi connectivity index (χ0v) is 19.6. The highest BCUT2D eigenvalue weighted by Gasteiger charge is 2.17. The van der Waals surface area contributed by atoms with Gasteiger partial charge in [0.15, 0.2) is 11.0 Å². The van der Waals surface area contributed by atoms with Gasteiger partial charge in [-0.1, -0.05) is 23.4 Å². The first-order chi connectivity index (χ1) is 16.5. The highest BCUT2D eigenvalue weighted by molar-refractivity contribution is 7.99. The van der Waals surface area contributed by atoms with E-state index in [-0.39, 0.29) is 17.4 Å². The summed E-state index contributed by atoms with van der Waals surface area (Å²) in [7, 11) is 1.61. The summed E-state index contributed by atoms with van der Waals surface area (Å²) < 4.78 is 7.11. The number of aromatic hydroxyl groups is 1. The molecule has 10 heteroatoms. The third-order valence-corrected chi connectivity index (χ3v) is 5.88. The second-order valence-corrected chi connectivity index (χ2v) is 8.40. The standard InChI is InChI=1S/C24H20ClN5O3S/c1-33-21-12-4-17(5-13-21)23-28-29-24(30(23)19-8-6-18(25)7-9-19)34-15-22(32)27-26-14-16-2-10-20(31)11-3-16/h2-14,31H,15H2,1H3,(H,27,32)/b26-14+. The molecule has 1 heterocycles. The number of nitrogens with one attached hydrogen (secondary N) is 1. The molecule has 0 spiro atoms. The van der Waals surface area contributed by atoms with Crippen molar-refractivity contribution in [3.63, 3.8) is 0 Å². The van der Waals surface area contributed by atoms with Crippen LogP contribution in [0.25, 0.3) is 17.1 Å². The van der Waals surface area contributed by atoms with Crippen LogP contribution in [0.3, 0.4) is 0 Å². The van der Waals surface area contributed by atoms with Gasteiger partial charge in [-0.2, -0.15) is 5.10 Å². The fraction of sp³-hybridized carbons (Fsp3) is 0.0833. The number of nitrogens with zero attached hydrogens (tertiary/aromatic N) is 4. The number of phenols is 1. The first-order valence-corrected chi connectivity index (χ1v) is 11.5. The van der Waals surface area contributed by atoms with Gasteiger partial charge in [-0.3, -0.25) is 9.36 Å². The third kappa shape index (κ3) is 5.75. The highest BCUT2D eigenvalue weighted by Crippen LogP contribution is 2.29. The Bertz CT molecular complexity index is 1290. The molecule has 0 saturated carbocycles. The number of rotatable bonds is 8. The van der Waals surface area contributed by atoms with Crippen molar-refractivity contribution in [1.29, 1.82) is 0 Å². The van der Waals surface area contributed by atoms with Crippen molar-refractivity contribution in [3.8, 4) is 28.6 Å². The van der Waals surface area contributed by atoms with E-state index in [0.717, 1.165) is 22.6 Å². The van der Waals surface area contributed by atoms with E-state index in [4.69, 9.17) is 16.3 Å². The number of thioether (sulfide) groups is 1. The third-order valence-electron chi connectivity index (χ3n) is 4.69. The normalized spacial score (nSPS) is 11.0. The van der Waals surface area contributed by atoms with Crippen molar-refractivity contribution in [2.45, 2.75) is 5.16 Å². The summed E-state index contributed by atoms with van der Waals surface area (Å²) in [6.45, 7) is 0. The average molecular weight is 494 g/mol. The minimum Gasteiger partial charge on any atom is -0.508 e. The Morgan fingerprint density at radius 3 is 2.47 bits per heavy atom. The highest BCUT2D eigenvalue weighted by atomic mass is 35.5. The van der Waals surface area contributed by atoms with Gasteiger partial charge >= 0.3 is 0 Å². The summed E-state index contributed by atoms with van der Waals surface area (Å²) in [5.74, 6) is 1.31. The van der Waals surface area contributed by atoms with Crippen LogP contribution in [0.2, 0.25) is 5.02 Å². The number of phenolic OH excluding ortho intramolecular Hbond substituents is 1. The number of ether oxygens (including phenoxy) is 1. The van der Waals surface area contributed by atoms with Crippen molar-refractivity contribution in [2.75, 3.05) is 12.9 Å². The Balaban J connectivity index is 1.51. The quantitative estimate of drug-likeness (QED) is 0.212. The smallest absolute Gasteiger partial charge is 0.250 e. The molecule has 0 saturated heterocycles. The van der Waals surface area contributed by atoms with Crippen LogP contribution in [0.15, 0.2) is 83.1 Å². The number of hydrogen-bond acceptors (Lipinski definition) is 7. The van der Waals surface area contributed by atoms with E-state index in [1.807, 2.05) is 41.0 Å². The molecule has 0 radical (unpaired) electrons. The minimum atomic E-state index is -0.295. The molecule has 8 nitrogen and oxygen atoms in total. The van der Waals surface area contributed by atoms with E-state index in [0.29, 0.717) is 16.0 Å². The summed E-state index contributed by atoms with van der Waals surface area (Å²) >= 11 is 7.31. The molecule has 3 aromatic carbocycles. The molecule has 2 N–H and O–H groups in total. The lowest BCUT2D eigenvalue weighted by atomic mass is 10.2. The molecule has 0 aliphatic rings. The minimum absolute atomic E-state index is 0.0846. The summed E-state index contributed by atoms with van der Waals surface area (Å²) in [5, 5.41) is 23.1. The number of carbonyl (C=O) groups is 1. The van der Waals surface area contributed by atoms with E-state index in [9.17, 15) is 9.90 Å². The number of amides is 1. The van der Waals surface area contributed by atoms with Gasteiger partial charge in [0.05, 0.1) is 19.1 Å². The van der Waals surface area contributed by atoms with Crippen molar-refractivity contribution < 1.29 is 14.6 Å². The Kier molecular flexibility index (Phi) is 7.46. The Labute approximate surface area is 205 Å². The number of hydrogen-bond donors (Lipinski definition) is 2. The Morgan fingerprint density at radius 2 is 1.79 bits per heavy atom. The Morgan fingerprint density at radius 1 is 1.09 bits per heavy atom. The van der Waals surface area contributed by atoms with Gasteiger partial charge < -0.3 is 9.84 Å². The van der Waals surface area contributed by atoms with Gasteiger partial charge in [-0.05, 0) is 78.4 Å². The summed E-state index contributed by atoms with van der Waals surface area (Å²) in [6.07, 6.45) is 1.50. The first kappa shape index (κ1) is 23.3. The zero-order chi connectivity index (χ0) is 23.9. The molecule has 34 heavy (non-hydrogen) atoms. The lowest BCUT2D eigenvalue weighted by Crippen LogP contribution is -2.20. The van der Waals surface area contributed by atoms with Gasteiger partial charge in [-0.15, -0.1) is 10.2 Å². The molecule has 4 rings (SSSR count). The van der Waals surface area contributed by atoms with Gasteiger partial charge in [0.2, 0.25) is 0 Å². The molecule has 0 aliphatic heterocycles. The predicted molar refractivity (Wildman–Crippen MR) is 133 cm³/mol. The van der Waals surface area contributed by atoms with E-state index >= 15 is 0 Å². The molecule has 0 unspecified atom stereocenters. The summed E-state index contributed by atoms with van der Waals surface area (Å²) in [4.78, 5) is 12.3. The zero-order valence-electron chi connectivity index (χ0n) is 18.1. The Hall–Kier alpha value is -3.82. The number of benzene rings is 3. The molecule has 0 bridgehead atoms. The van der Waals surface area contributed by atoms with E-state index in [1.165, 1.54) is 18.0 Å². The molecule has 1 aromatic heterocycles. The molecule has 1 amide bonds. The summed E-state index contributed by atoms with van der Waals surface area (Å²) in [5.41, 5.74) is 4.90. The largest absolute Gasteiger partial charge is 0.508 e. The average Bonchev–Trinajstić information content (AvgIpc) is 3.28. The SMILES string of the molecule is COc1ccc(-c2nnc(SCC(=O)N/N=C/c3ccc(O)cc3)n2-c2ccc(Cl)cc2)cc1. The maximum Gasteiger partial charge on any atom is 0.250 e. The lowest BCUT2D eigenvalue weighted by molar-refractivity contribution is -0.118. The van der Waals surface area contributed by atoms with E-state index in [1.54, 1.807) is 43.5 Å². The molecular formula is C24H20ClN5O3S. The maximum atomic E-state index is 12.3. The van der Waals surface area contributed by atoms with Crippen LogP contribution < -0.4 is 10.2 Å². The van der Waals surface area contributed by atoms with Crippen LogP contribution in [0.5, 0.6) is 11.5 Å². The molecule has 0 aliphatic carbocycles. The van der Waals surface area contributed by atoms with Gasteiger partial charge in [0.1, 0.15) is 11.5 Å². The summed E-state index contributed by atoms with van der Waals surface area (Å²) in [6, 6.07) is 21.3. The fourth-order valence-electron chi connectivity index (χ4n) is 3.01. The molecule has 172 valence electrons. The number of hydrazone groups is 1. The number of aromatic nitrogens is 3.